The lowest BCUT2D eigenvalue weighted by atomic mass is 10.1. The van der Waals surface area contributed by atoms with E-state index in [2.05, 4.69) is 4.98 Å². The van der Waals surface area contributed by atoms with Gasteiger partial charge in [0, 0.05) is 6.20 Å². The molecule has 0 fully saturated rings. The third kappa shape index (κ3) is 3.74. The van der Waals surface area contributed by atoms with E-state index in [1.807, 2.05) is 0 Å². The number of pyridine rings is 1. The molecule has 0 bridgehead atoms. The molecule has 0 aliphatic rings. The van der Waals surface area contributed by atoms with Crippen LogP contribution in [-0.2, 0) is 0 Å². The average Bonchev–Trinajstić information content (AvgIpc) is 2.18. The molecule has 1 heterocycles. The molecule has 1 rings (SSSR count). The maximum absolute atomic E-state index is 12.4. The highest BCUT2D eigenvalue weighted by Gasteiger charge is 2.38. The largest absolute Gasteiger partial charge is 0.474 e. The Hall–Kier alpha value is -1.01. The summed E-state index contributed by atoms with van der Waals surface area (Å²) in [6.45, 7) is 3.51. The van der Waals surface area contributed by atoms with Crippen LogP contribution in [0.3, 0.4) is 0 Å². The van der Waals surface area contributed by atoms with E-state index in [9.17, 15) is 13.2 Å². The number of nitrogens with zero attached hydrogens (tertiary/aromatic N) is 1. The lowest BCUT2D eigenvalue weighted by Gasteiger charge is -2.17. The van der Waals surface area contributed by atoms with E-state index < -0.39 is 12.2 Å². The van der Waals surface area contributed by atoms with Crippen LogP contribution < -0.4 is 10.5 Å². The second-order valence-electron chi connectivity index (χ2n) is 3.74. The first-order valence-corrected chi connectivity index (χ1v) is 5.24. The number of rotatable bonds is 3. The van der Waals surface area contributed by atoms with Crippen molar-refractivity contribution in [3.8, 4) is 5.88 Å². The van der Waals surface area contributed by atoms with Crippen LogP contribution >= 0.6 is 11.6 Å². The molecule has 2 N–H and O–H groups in total. The predicted octanol–water partition coefficient (Wildman–Crippen LogP) is 3.08. The van der Waals surface area contributed by atoms with Gasteiger partial charge in [0.05, 0.1) is 6.10 Å². The molecule has 96 valence electrons. The molecule has 0 amide bonds. The van der Waals surface area contributed by atoms with Crippen molar-refractivity contribution in [3.63, 3.8) is 0 Å². The lowest BCUT2D eigenvalue weighted by Crippen LogP contribution is -2.28. The maximum atomic E-state index is 12.4. The van der Waals surface area contributed by atoms with Crippen LogP contribution in [0.25, 0.3) is 0 Å². The normalized spacial score (nSPS) is 13.9. The molecule has 0 aromatic carbocycles. The van der Waals surface area contributed by atoms with Crippen LogP contribution in [0.15, 0.2) is 12.3 Å². The maximum Gasteiger partial charge on any atom is 0.407 e. The Bertz CT molecular complexity index is 396. The number of aromatic nitrogens is 1. The molecule has 3 nitrogen and oxygen atoms in total. The topological polar surface area (TPSA) is 48.1 Å². The van der Waals surface area contributed by atoms with Crippen LogP contribution in [0, 0.1) is 0 Å². The number of halogens is 4. The van der Waals surface area contributed by atoms with Crippen molar-refractivity contribution in [2.75, 3.05) is 0 Å². The molecule has 1 aromatic rings. The zero-order valence-corrected chi connectivity index (χ0v) is 10.0. The number of nitrogens with two attached hydrogens (primary N) is 1. The second kappa shape index (κ2) is 5.10. The van der Waals surface area contributed by atoms with Gasteiger partial charge < -0.3 is 10.5 Å². The molecular formula is C10H12ClF3N2O. The van der Waals surface area contributed by atoms with E-state index >= 15 is 0 Å². The van der Waals surface area contributed by atoms with Crippen molar-refractivity contribution in [1.82, 2.24) is 4.98 Å². The van der Waals surface area contributed by atoms with Gasteiger partial charge in [0.15, 0.2) is 0 Å². The van der Waals surface area contributed by atoms with Gasteiger partial charge in [-0.05, 0) is 25.5 Å². The number of hydrogen-bond acceptors (Lipinski definition) is 3. The summed E-state index contributed by atoms with van der Waals surface area (Å²) in [4.78, 5) is 3.72. The summed E-state index contributed by atoms with van der Waals surface area (Å²) in [7, 11) is 0. The van der Waals surface area contributed by atoms with E-state index in [-0.39, 0.29) is 22.6 Å². The SMILES string of the molecule is CC(C)Oc1ncc(C(N)C(F)(F)F)cc1Cl. The molecule has 1 aromatic heterocycles. The third-order valence-electron chi connectivity index (χ3n) is 1.89. The van der Waals surface area contributed by atoms with Crippen LogP contribution in [0.5, 0.6) is 5.88 Å². The van der Waals surface area contributed by atoms with E-state index in [0.717, 1.165) is 12.3 Å². The summed E-state index contributed by atoms with van der Waals surface area (Å²) < 4.78 is 42.3. The van der Waals surface area contributed by atoms with Gasteiger partial charge in [0.25, 0.3) is 0 Å². The summed E-state index contributed by atoms with van der Waals surface area (Å²) in [5, 5.41) is 0.0101. The van der Waals surface area contributed by atoms with Crippen molar-refractivity contribution < 1.29 is 17.9 Å². The lowest BCUT2D eigenvalue weighted by molar-refractivity contribution is -0.149. The van der Waals surface area contributed by atoms with E-state index in [0.29, 0.717) is 0 Å². The minimum Gasteiger partial charge on any atom is -0.474 e. The fourth-order valence-corrected chi connectivity index (χ4v) is 1.33. The monoisotopic (exact) mass is 268 g/mol. The van der Waals surface area contributed by atoms with Crippen LogP contribution in [0.2, 0.25) is 5.02 Å². The molecule has 0 aliphatic heterocycles. The summed E-state index contributed by atoms with van der Waals surface area (Å²) in [5.41, 5.74) is 4.83. The Morgan fingerprint density at radius 2 is 2.00 bits per heavy atom. The quantitative estimate of drug-likeness (QED) is 0.916. The fraction of sp³-hybridized carbons (Fsp3) is 0.500. The summed E-state index contributed by atoms with van der Waals surface area (Å²) in [6, 6.07) is -0.981. The van der Waals surface area contributed by atoms with Gasteiger partial charge in [-0.3, -0.25) is 0 Å². The van der Waals surface area contributed by atoms with Crippen molar-refractivity contribution >= 4 is 11.6 Å². The van der Waals surface area contributed by atoms with Gasteiger partial charge in [-0.25, -0.2) is 4.98 Å². The highest BCUT2D eigenvalue weighted by atomic mass is 35.5. The smallest absolute Gasteiger partial charge is 0.407 e. The molecule has 1 atom stereocenters. The van der Waals surface area contributed by atoms with Crippen molar-refractivity contribution in [2.45, 2.75) is 32.2 Å². The average molecular weight is 269 g/mol. The highest BCUT2D eigenvalue weighted by Crippen LogP contribution is 2.33. The molecule has 17 heavy (non-hydrogen) atoms. The van der Waals surface area contributed by atoms with E-state index in [1.54, 1.807) is 13.8 Å². The molecular weight excluding hydrogens is 257 g/mol. The van der Waals surface area contributed by atoms with Crippen molar-refractivity contribution in [1.29, 1.82) is 0 Å². The zero-order valence-electron chi connectivity index (χ0n) is 9.25. The van der Waals surface area contributed by atoms with Gasteiger partial charge in [-0.15, -0.1) is 0 Å². The Kier molecular flexibility index (Phi) is 4.21. The van der Waals surface area contributed by atoms with Crippen LogP contribution in [0.1, 0.15) is 25.5 Å². The minimum absolute atomic E-state index is 0.0101. The van der Waals surface area contributed by atoms with Crippen molar-refractivity contribution in [2.24, 2.45) is 5.73 Å². The molecule has 0 saturated carbocycles. The summed E-state index contributed by atoms with van der Waals surface area (Å²) in [5.74, 6) is 0.0970. The molecule has 7 heteroatoms. The summed E-state index contributed by atoms with van der Waals surface area (Å²) in [6.07, 6.45) is -3.67. The standard InChI is InChI=1S/C10H12ClF3N2O/c1-5(2)17-9-7(11)3-6(4-16-9)8(15)10(12,13)14/h3-5,8H,15H2,1-2H3. The first-order chi connectivity index (χ1) is 7.71. The Balaban J connectivity index is 2.96. The summed E-state index contributed by atoms with van der Waals surface area (Å²) >= 11 is 5.76. The Morgan fingerprint density at radius 1 is 1.41 bits per heavy atom. The van der Waals surface area contributed by atoms with Crippen LogP contribution in [0.4, 0.5) is 13.2 Å². The molecule has 0 aliphatic carbocycles. The highest BCUT2D eigenvalue weighted by molar-refractivity contribution is 6.31. The van der Waals surface area contributed by atoms with E-state index in [4.69, 9.17) is 22.1 Å². The van der Waals surface area contributed by atoms with Gasteiger partial charge >= 0.3 is 6.18 Å². The van der Waals surface area contributed by atoms with Gasteiger partial charge in [-0.1, -0.05) is 11.6 Å². The molecule has 0 radical (unpaired) electrons. The molecule has 0 saturated heterocycles. The van der Waals surface area contributed by atoms with Crippen LogP contribution in [-0.4, -0.2) is 17.3 Å². The second-order valence-corrected chi connectivity index (χ2v) is 4.15. The first-order valence-electron chi connectivity index (χ1n) is 4.86. The number of ether oxygens (including phenoxy) is 1. The fourth-order valence-electron chi connectivity index (χ4n) is 1.11. The predicted molar refractivity (Wildman–Crippen MR) is 58.0 cm³/mol. The Labute approximate surface area is 102 Å². The molecule has 0 spiro atoms. The number of alkyl halides is 3. The molecule has 1 unspecified atom stereocenters. The zero-order chi connectivity index (χ0) is 13.2. The Morgan fingerprint density at radius 3 is 2.41 bits per heavy atom. The van der Waals surface area contributed by atoms with Crippen molar-refractivity contribution in [3.05, 3.63) is 22.8 Å². The number of hydrogen-bond donors (Lipinski definition) is 1. The van der Waals surface area contributed by atoms with E-state index in [1.165, 1.54) is 0 Å². The first kappa shape index (κ1) is 14.1. The minimum atomic E-state index is -4.52. The van der Waals surface area contributed by atoms with Gasteiger partial charge in [-0.2, -0.15) is 13.2 Å². The van der Waals surface area contributed by atoms with Gasteiger partial charge in [0.2, 0.25) is 5.88 Å². The van der Waals surface area contributed by atoms with Gasteiger partial charge in [0.1, 0.15) is 11.1 Å². The third-order valence-corrected chi connectivity index (χ3v) is 2.16.